The first kappa shape index (κ1) is 29.5. The van der Waals surface area contributed by atoms with Crippen LogP contribution in [0.25, 0.3) is 0 Å². The van der Waals surface area contributed by atoms with Crippen molar-refractivity contribution in [1.29, 1.82) is 0 Å². The summed E-state index contributed by atoms with van der Waals surface area (Å²) in [7, 11) is 0. The van der Waals surface area contributed by atoms with E-state index in [2.05, 4.69) is 29.8 Å². The summed E-state index contributed by atoms with van der Waals surface area (Å²) in [6.07, 6.45) is 6.28. The van der Waals surface area contributed by atoms with Gasteiger partial charge in [0.25, 0.3) is 0 Å². The molecule has 0 aliphatic carbocycles. The van der Waals surface area contributed by atoms with Gasteiger partial charge in [-0.1, -0.05) is 32.5 Å². The van der Waals surface area contributed by atoms with E-state index in [1.54, 1.807) is 23.5 Å². The maximum Gasteiger partial charge on any atom is 0.315 e. The van der Waals surface area contributed by atoms with Crippen LogP contribution in [0.5, 0.6) is 0 Å². The van der Waals surface area contributed by atoms with E-state index in [1.165, 1.54) is 0 Å². The quantitative estimate of drug-likeness (QED) is 0.122. The highest BCUT2D eigenvalue weighted by Crippen LogP contribution is 2.34. The molecule has 2 saturated heterocycles. The van der Waals surface area contributed by atoms with Crippen LogP contribution in [-0.4, -0.2) is 81.9 Å². The Bertz CT molecular complexity index is 710. The number of carbonyl (C=O) groups is 3. The second-order valence-corrected chi connectivity index (χ2v) is 13.9. The Morgan fingerprint density at radius 2 is 2.00 bits per heavy atom. The number of thioether (sulfide) groups is 3. The molecule has 2 rings (SSSR count). The molecule has 194 valence electrons. The molecule has 3 amide bonds. The largest absolute Gasteiger partial charge is 0.463 e. The molecule has 0 bridgehead atoms. The van der Waals surface area contributed by atoms with Crippen LogP contribution < -0.4 is 16.0 Å². The smallest absolute Gasteiger partial charge is 0.315 e. The van der Waals surface area contributed by atoms with Gasteiger partial charge < -0.3 is 25.4 Å². The van der Waals surface area contributed by atoms with Crippen LogP contribution in [0.4, 0.5) is 4.79 Å². The Labute approximate surface area is 220 Å². The molecule has 2 aliphatic heterocycles. The Morgan fingerprint density at radius 3 is 2.76 bits per heavy atom. The number of carbonyl (C=O) groups excluding carboxylic acids is 3. The van der Waals surface area contributed by atoms with Gasteiger partial charge in [0.1, 0.15) is 10.1 Å². The number of rotatable bonds is 15. The number of nitrogens with one attached hydrogen (secondary N) is 3. The third kappa shape index (κ3) is 11.4. The molecule has 3 unspecified atom stereocenters. The van der Waals surface area contributed by atoms with Crippen molar-refractivity contribution in [3.63, 3.8) is 0 Å². The third-order valence-corrected chi connectivity index (χ3v) is 9.86. The van der Waals surface area contributed by atoms with Crippen LogP contribution in [0, 0.1) is 0 Å². The summed E-state index contributed by atoms with van der Waals surface area (Å²) in [6, 6.07) is 0.401. The Kier molecular flexibility index (Phi) is 13.4. The number of ether oxygens (including phenoxy) is 2. The minimum atomic E-state index is -0.237. The number of hydrogen-bond acceptors (Lipinski definition) is 9. The summed E-state index contributed by atoms with van der Waals surface area (Å²) in [5, 5.41) is 9.22. The minimum absolute atomic E-state index is 0.0178. The molecule has 34 heavy (non-hydrogen) atoms. The normalized spacial score (nSPS) is 21.5. The van der Waals surface area contributed by atoms with E-state index >= 15 is 0 Å². The van der Waals surface area contributed by atoms with Crippen LogP contribution in [0.1, 0.15) is 52.4 Å². The summed E-state index contributed by atoms with van der Waals surface area (Å²) in [6.45, 7) is 5.48. The molecule has 12 heteroatoms. The first-order valence-electron chi connectivity index (χ1n) is 11.7. The fourth-order valence-corrected chi connectivity index (χ4v) is 7.62. The van der Waals surface area contributed by atoms with Crippen molar-refractivity contribution < 1.29 is 23.9 Å². The van der Waals surface area contributed by atoms with Gasteiger partial charge in [0.15, 0.2) is 0 Å². The average molecular weight is 552 g/mol. The molecule has 0 aromatic heterocycles. The second kappa shape index (κ2) is 15.4. The molecular weight excluding hydrogens is 515 g/mol. The maximum atomic E-state index is 12.0. The highest BCUT2D eigenvalue weighted by molar-refractivity contribution is 8.47. The molecule has 2 aliphatic rings. The van der Waals surface area contributed by atoms with E-state index < -0.39 is 0 Å². The Balaban J connectivity index is 1.40. The lowest BCUT2D eigenvalue weighted by Crippen LogP contribution is -2.36. The fraction of sp³-hybridized carbons (Fsp3) is 0.818. The van der Waals surface area contributed by atoms with Gasteiger partial charge in [-0.3, -0.25) is 9.59 Å². The molecule has 2 fully saturated rings. The summed E-state index contributed by atoms with van der Waals surface area (Å²) in [5.41, 5.74) is 0. The standard InChI is InChI=1S/C22H37N3O5S4/c1-22(2,34-21(31)32-3)9-8-18(27)30-13-12-29-11-10-23-17(26)7-5-4-6-16-19-15(14-33-16)24-20(28)25-19/h15-16,19H,4-14H2,1-3H3,(H,23,26)(H2,24,25,28). The predicted molar refractivity (Wildman–Crippen MR) is 146 cm³/mol. The zero-order chi connectivity index (χ0) is 25.0. The maximum absolute atomic E-state index is 12.0. The van der Waals surface area contributed by atoms with E-state index in [4.69, 9.17) is 21.7 Å². The van der Waals surface area contributed by atoms with Crippen LogP contribution in [0.2, 0.25) is 0 Å². The van der Waals surface area contributed by atoms with Crippen LogP contribution in [-0.2, 0) is 19.1 Å². The molecule has 3 atom stereocenters. The van der Waals surface area contributed by atoms with E-state index in [0.29, 0.717) is 44.3 Å². The lowest BCUT2D eigenvalue weighted by Gasteiger charge is -2.23. The first-order valence-corrected chi connectivity index (χ1v) is 15.2. The van der Waals surface area contributed by atoms with Gasteiger partial charge in [-0.15, -0.1) is 23.5 Å². The number of esters is 1. The highest BCUT2D eigenvalue weighted by Gasteiger charge is 2.42. The van der Waals surface area contributed by atoms with Gasteiger partial charge in [0.2, 0.25) is 5.91 Å². The Hall–Kier alpha value is -0.690. The van der Waals surface area contributed by atoms with Crippen LogP contribution >= 0.6 is 47.5 Å². The first-order chi connectivity index (χ1) is 16.2. The molecule has 0 radical (unpaired) electrons. The zero-order valence-electron chi connectivity index (χ0n) is 20.2. The molecule has 0 spiro atoms. The fourth-order valence-electron chi connectivity index (χ4n) is 3.74. The van der Waals surface area contributed by atoms with Gasteiger partial charge in [0, 0.05) is 35.1 Å². The van der Waals surface area contributed by atoms with Gasteiger partial charge in [-0.2, -0.15) is 11.8 Å². The number of thiocarbonyl (C=S) groups is 1. The third-order valence-electron chi connectivity index (χ3n) is 5.60. The molecule has 0 saturated carbocycles. The van der Waals surface area contributed by atoms with Crippen molar-refractivity contribution in [3.8, 4) is 0 Å². The molecule has 0 aromatic rings. The zero-order valence-corrected chi connectivity index (χ0v) is 23.5. The average Bonchev–Trinajstić information content (AvgIpc) is 3.33. The Morgan fingerprint density at radius 1 is 1.21 bits per heavy atom. The SMILES string of the molecule is CSC(=S)SC(C)(C)CCC(=O)OCCOCCNC(=O)CCCCC1SCC2NC(=O)NC21. The molecular formula is C22H37N3O5S4. The van der Waals surface area contributed by atoms with Crippen molar-refractivity contribution in [2.45, 2.75) is 74.5 Å². The van der Waals surface area contributed by atoms with E-state index in [9.17, 15) is 14.4 Å². The van der Waals surface area contributed by atoms with Crippen molar-refractivity contribution in [3.05, 3.63) is 0 Å². The summed E-state index contributed by atoms with van der Waals surface area (Å²) >= 11 is 10.3. The molecule has 2 heterocycles. The number of fused-ring (bicyclic) bond motifs is 1. The molecule has 0 aromatic carbocycles. The van der Waals surface area contributed by atoms with Crippen molar-refractivity contribution in [2.24, 2.45) is 0 Å². The summed E-state index contributed by atoms with van der Waals surface area (Å²) < 4.78 is 11.4. The number of hydrogen-bond donors (Lipinski definition) is 3. The van der Waals surface area contributed by atoms with Gasteiger partial charge >= 0.3 is 12.0 Å². The molecule has 8 nitrogen and oxygen atoms in total. The monoisotopic (exact) mass is 551 g/mol. The van der Waals surface area contributed by atoms with Crippen LogP contribution in [0.3, 0.4) is 0 Å². The lowest BCUT2D eigenvalue weighted by molar-refractivity contribution is -0.145. The number of amides is 3. The van der Waals surface area contributed by atoms with Gasteiger partial charge in [-0.25, -0.2) is 4.79 Å². The lowest BCUT2D eigenvalue weighted by atomic mass is 10.0. The summed E-state index contributed by atoms with van der Waals surface area (Å²) in [5.74, 6) is 0.737. The van der Waals surface area contributed by atoms with Gasteiger partial charge in [0.05, 0.1) is 25.3 Å². The number of unbranched alkanes of at least 4 members (excludes halogenated alkanes) is 1. The topological polar surface area (TPSA) is 106 Å². The van der Waals surface area contributed by atoms with Crippen molar-refractivity contribution >= 4 is 68.9 Å². The number of urea groups is 1. The van der Waals surface area contributed by atoms with E-state index in [0.717, 1.165) is 28.5 Å². The van der Waals surface area contributed by atoms with Crippen molar-refractivity contribution in [1.82, 2.24) is 16.0 Å². The molecule has 3 N–H and O–H groups in total. The van der Waals surface area contributed by atoms with Crippen LogP contribution in [0.15, 0.2) is 0 Å². The second-order valence-electron chi connectivity index (χ2n) is 8.87. The van der Waals surface area contributed by atoms with Crippen molar-refractivity contribution in [2.75, 3.05) is 38.4 Å². The minimum Gasteiger partial charge on any atom is -0.463 e. The van der Waals surface area contributed by atoms with E-state index in [-0.39, 0.29) is 41.3 Å². The van der Waals surface area contributed by atoms with Gasteiger partial charge in [-0.05, 0) is 25.5 Å². The summed E-state index contributed by atoms with van der Waals surface area (Å²) in [4.78, 5) is 35.3. The highest BCUT2D eigenvalue weighted by atomic mass is 32.2. The van der Waals surface area contributed by atoms with E-state index in [1.807, 2.05) is 18.0 Å². The predicted octanol–water partition coefficient (Wildman–Crippen LogP) is 3.33.